The number of allylic oxidation sites excluding steroid dienone is 12. The number of carbonyl (C=O) groups excluding carboxylic acids is 3. The number of esters is 3. The monoisotopic (exact) mass is 865 g/mol. The van der Waals surface area contributed by atoms with E-state index in [2.05, 4.69) is 93.7 Å². The normalized spacial score (nSPS) is 12.6. The van der Waals surface area contributed by atoms with Gasteiger partial charge < -0.3 is 14.2 Å². The molecule has 0 heterocycles. The summed E-state index contributed by atoms with van der Waals surface area (Å²) in [5.41, 5.74) is 0. The van der Waals surface area contributed by atoms with Crippen molar-refractivity contribution in [3.8, 4) is 0 Å². The van der Waals surface area contributed by atoms with Crippen molar-refractivity contribution in [3.05, 3.63) is 72.9 Å². The van der Waals surface area contributed by atoms with E-state index in [-0.39, 0.29) is 37.5 Å². The van der Waals surface area contributed by atoms with E-state index in [1.807, 2.05) is 0 Å². The molecule has 0 aliphatic rings. The molecular formula is C56H96O6. The summed E-state index contributed by atoms with van der Waals surface area (Å²) in [4.78, 5) is 37.9. The molecule has 1 atom stereocenters. The zero-order chi connectivity index (χ0) is 45.1. The fraction of sp³-hybridized carbons (Fsp3) is 0.732. The van der Waals surface area contributed by atoms with Gasteiger partial charge in [0.25, 0.3) is 0 Å². The van der Waals surface area contributed by atoms with Gasteiger partial charge in [-0.15, -0.1) is 0 Å². The van der Waals surface area contributed by atoms with Crippen molar-refractivity contribution >= 4 is 17.9 Å². The molecule has 6 heteroatoms. The molecule has 0 saturated heterocycles. The predicted molar refractivity (Wildman–Crippen MR) is 265 cm³/mol. The molecule has 0 N–H and O–H groups in total. The molecule has 0 aliphatic carbocycles. The van der Waals surface area contributed by atoms with Crippen LogP contribution in [0.1, 0.15) is 245 Å². The van der Waals surface area contributed by atoms with Gasteiger partial charge in [-0.3, -0.25) is 14.4 Å². The van der Waals surface area contributed by atoms with Gasteiger partial charge in [-0.1, -0.05) is 222 Å². The maximum absolute atomic E-state index is 12.8. The topological polar surface area (TPSA) is 78.9 Å². The minimum atomic E-state index is -0.804. The van der Waals surface area contributed by atoms with Crippen LogP contribution in [0.25, 0.3) is 0 Å². The molecule has 62 heavy (non-hydrogen) atoms. The van der Waals surface area contributed by atoms with Crippen LogP contribution in [0.5, 0.6) is 0 Å². The van der Waals surface area contributed by atoms with E-state index in [0.717, 1.165) is 96.3 Å². The van der Waals surface area contributed by atoms with E-state index in [0.29, 0.717) is 19.3 Å². The first-order valence-corrected chi connectivity index (χ1v) is 25.9. The Hall–Kier alpha value is -3.15. The average Bonchev–Trinajstić information content (AvgIpc) is 3.27. The first kappa shape index (κ1) is 58.9. The highest BCUT2D eigenvalue weighted by Crippen LogP contribution is 2.16. The van der Waals surface area contributed by atoms with Crippen molar-refractivity contribution in [1.29, 1.82) is 0 Å². The maximum Gasteiger partial charge on any atom is 0.306 e. The molecule has 0 fully saturated rings. The van der Waals surface area contributed by atoms with Crippen molar-refractivity contribution in [2.24, 2.45) is 0 Å². The van der Waals surface area contributed by atoms with Gasteiger partial charge in [-0.05, 0) is 77.0 Å². The van der Waals surface area contributed by atoms with Crippen LogP contribution >= 0.6 is 0 Å². The lowest BCUT2D eigenvalue weighted by Gasteiger charge is -2.18. The highest BCUT2D eigenvalue weighted by Gasteiger charge is 2.19. The Balaban J connectivity index is 4.37. The van der Waals surface area contributed by atoms with E-state index in [1.54, 1.807) is 0 Å². The second-order valence-electron chi connectivity index (χ2n) is 17.0. The van der Waals surface area contributed by atoms with Crippen molar-refractivity contribution in [3.63, 3.8) is 0 Å². The van der Waals surface area contributed by atoms with Crippen molar-refractivity contribution < 1.29 is 28.6 Å². The van der Waals surface area contributed by atoms with Crippen LogP contribution < -0.4 is 0 Å². The molecule has 1 unspecified atom stereocenters. The third-order valence-corrected chi connectivity index (χ3v) is 11.0. The maximum atomic E-state index is 12.8. The van der Waals surface area contributed by atoms with Crippen LogP contribution in [0, 0.1) is 0 Å². The van der Waals surface area contributed by atoms with Gasteiger partial charge in [0, 0.05) is 19.3 Å². The third-order valence-electron chi connectivity index (χ3n) is 11.0. The summed E-state index contributed by atoms with van der Waals surface area (Å²) in [6.07, 6.45) is 63.3. The largest absolute Gasteiger partial charge is 0.462 e. The molecule has 0 aliphatic heterocycles. The number of rotatable bonds is 46. The molecule has 6 nitrogen and oxygen atoms in total. The fourth-order valence-electron chi connectivity index (χ4n) is 7.13. The Kier molecular flexibility index (Phi) is 47.9. The smallest absolute Gasteiger partial charge is 0.306 e. The fourth-order valence-corrected chi connectivity index (χ4v) is 7.13. The van der Waals surface area contributed by atoms with Gasteiger partial charge in [0.1, 0.15) is 13.2 Å². The molecule has 0 amide bonds. The minimum absolute atomic E-state index is 0.0988. The molecule has 0 aromatic carbocycles. The summed E-state index contributed by atoms with van der Waals surface area (Å²) in [5, 5.41) is 0. The second kappa shape index (κ2) is 50.5. The lowest BCUT2D eigenvalue weighted by molar-refractivity contribution is -0.167. The zero-order valence-corrected chi connectivity index (χ0v) is 40.6. The first-order chi connectivity index (χ1) is 30.5. The van der Waals surface area contributed by atoms with Crippen LogP contribution in [0.15, 0.2) is 72.9 Å². The van der Waals surface area contributed by atoms with Gasteiger partial charge in [0.2, 0.25) is 0 Å². The Labute approximate surface area is 382 Å². The van der Waals surface area contributed by atoms with Gasteiger partial charge in [-0.25, -0.2) is 0 Å². The number of hydrogen-bond acceptors (Lipinski definition) is 6. The van der Waals surface area contributed by atoms with Crippen molar-refractivity contribution in [1.82, 2.24) is 0 Å². The highest BCUT2D eigenvalue weighted by molar-refractivity contribution is 5.71. The van der Waals surface area contributed by atoms with Gasteiger partial charge in [0.05, 0.1) is 0 Å². The lowest BCUT2D eigenvalue weighted by Crippen LogP contribution is -2.30. The predicted octanol–water partition coefficient (Wildman–Crippen LogP) is 17.0. The molecule has 0 bridgehead atoms. The van der Waals surface area contributed by atoms with E-state index >= 15 is 0 Å². The van der Waals surface area contributed by atoms with Crippen LogP contribution in [0.2, 0.25) is 0 Å². The quantitative estimate of drug-likeness (QED) is 0.0262. The van der Waals surface area contributed by atoms with E-state index < -0.39 is 6.10 Å². The van der Waals surface area contributed by atoms with Crippen molar-refractivity contribution in [2.75, 3.05) is 13.2 Å². The number of unbranched alkanes of at least 4 members (excludes halogenated alkanes) is 23. The van der Waals surface area contributed by atoms with Crippen LogP contribution in [0.3, 0.4) is 0 Å². The summed E-state index contributed by atoms with van der Waals surface area (Å²) in [6.45, 7) is 6.35. The van der Waals surface area contributed by atoms with Crippen molar-refractivity contribution in [2.45, 2.75) is 252 Å². The van der Waals surface area contributed by atoms with E-state index in [4.69, 9.17) is 14.2 Å². The number of carbonyl (C=O) groups is 3. The molecule has 356 valence electrons. The van der Waals surface area contributed by atoms with Gasteiger partial charge >= 0.3 is 17.9 Å². The molecule has 0 rings (SSSR count). The van der Waals surface area contributed by atoms with E-state index in [1.165, 1.54) is 103 Å². The van der Waals surface area contributed by atoms with Crippen LogP contribution in [-0.2, 0) is 28.6 Å². The van der Waals surface area contributed by atoms with Gasteiger partial charge in [0.15, 0.2) is 6.10 Å². The zero-order valence-electron chi connectivity index (χ0n) is 40.6. The molecule has 0 aromatic heterocycles. The highest BCUT2D eigenvalue weighted by atomic mass is 16.6. The molecule has 0 spiro atoms. The molecule has 0 aromatic rings. The summed E-state index contributed by atoms with van der Waals surface area (Å²) in [5.74, 6) is -0.976. The lowest BCUT2D eigenvalue weighted by atomic mass is 10.0. The molecule has 0 radical (unpaired) electrons. The van der Waals surface area contributed by atoms with Crippen LogP contribution in [-0.4, -0.2) is 37.2 Å². The number of hydrogen-bond donors (Lipinski definition) is 0. The molecular weight excluding hydrogens is 769 g/mol. The Morgan fingerprint density at radius 1 is 0.339 bits per heavy atom. The van der Waals surface area contributed by atoms with E-state index in [9.17, 15) is 14.4 Å². The Morgan fingerprint density at radius 3 is 1.05 bits per heavy atom. The SMILES string of the molecule is CC/C=C\C/C=C\C/C=C\CCCCCCC(=O)OC(COC(=O)CCC/C=C\C/C=C\C/C=C\CC)COC(=O)CCCCCCCCCCCCCCCCCCCCC. The average molecular weight is 865 g/mol. The first-order valence-electron chi connectivity index (χ1n) is 25.9. The summed E-state index contributed by atoms with van der Waals surface area (Å²) < 4.78 is 16.7. The summed E-state index contributed by atoms with van der Waals surface area (Å²) in [6, 6.07) is 0. The third kappa shape index (κ3) is 47.9. The number of ether oxygens (including phenoxy) is 3. The standard InChI is InChI=1S/C56H96O6/c1-4-7-10-13-16-19-22-24-26-27-28-29-30-32-34-37-40-43-46-49-55(58)61-52-53(51-60-54(57)48-45-42-39-36-33-21-18-15-12-9-6-3)62-56(59)50-47-44-41-38-35-31-25-23-20-17-14-11-8-5-2/h8-9,11-12,17-18,20-21,25,31,36,39,53H,4-7,10,13-16,19,22-24,26-30,32-35,37-38,40-52H2,1-3H3/b11-8-,12-9-,20-17-,21-18-,31-25-,39-36-. The minimum Gasteiger partial charge on any atom is -0.462 e. The summed E-state index contributed by atoms with van der Waals surface area (Å²) in [7, 11) is 0. The Morgan fingerprint density at radius 2 is 0.645 bits per heavy atom. The summed E-state index contributed by atoms with van der Waals surface area (Å²) >= 11 is 0. The van der Waals surface area contributed by atoms with Crippen LogP contribution in [0.4, 0.5) is 0 Å². The van der Waals surface area contributed by atoms with Gasteiger partial charge in [-0.2, -0.15) is 0 Å². The second-order valence-corrected chi connectivity index (χ2v) is 17.0. The molecule has 0 saturated carbocycles. The Bertz CT molecular complexity index is 1180.